The van der Waals surface area contributed by atoms with Crippen molar-refractivity contribution in [2.45, 2.75) is 23.8 Å². The number of nitrogens with zero attached hydrogens (tertiary/aromatic N) is 2. The smallest absolute Gasteiger partial charge is 0.329 e. The Kier molecular flexibility index (Phi) is 2.82. The first-order valence-corrected chi connectivity index (χ1v) is 4.78. The van der Waals surface area contributed by atoms with Gasteiger partial charge in [0.25, 0.3) is 0 Å². The third-order valence-electron chi connectivity index (χ3n) is 1.70. The molecule has 0 spiro atoms. The highest BCUT2D eigenvalue weighted by Gasteiger charge is 2.20. The van der Waals surface area contributed by atoms with Crippen LogP contribution in [0.2, 0.25) is 0 Å². The first-order chi connectivity index (χ1) is 5.96. The van der Waals surface area contributed by atoms with Crippen molar-refractivity contribution in [2.24, 2.45) is 12.8 Å². The van der Waals surface area contributed by atoms with Gasteiger partial charge in [-0.05, 0) is 13.8 Å². The second-order valence-electron chi connectivity index (χ2n) is 3.44. The number of hydrogen-bond acceptors (Lipinski definition) is 4. The number of thioether (sulfide) groups is 1. The molecule has 0 bridgehead atoms. The number of aromatic amines is 1. The average Bonchev–Trinajstić information content (AvgIpc) is 2.36. The minimum absolute atomic E-state index is 0.0978. The highest BCUT2D eigenvalue weighted by atomic mass is 32.2. The van der Waals surface area contributed by atoms with Gasteiger partial charge in [0.1, 0.15) is 0 Å². The summed E-state index contributed by atoms with van der Waals surface area (Å²) in [6, 6.07) is 0. The van der Waals surface area contributed by atoms with Gasteiger partial charge in [0.05, 0.1) is 0 Å². The second kappa shape index (κ2) is 3.55. The molecule has 1 aromatic heterocycles. The molecule has 0 aliphatic rings. The molecule has 0 amide bonds. The normalized spacial score (nSPS) is 12.0. The molecule has 1 rings (SSSR count). The summed E-state index contributed by atoms with van der Waals surface area (Å²) in [7, 11) is 1.68. The Bertz CT molecular complexity index is 341. The summed E-state index contributed by atoms with van der Waals surface area (Å²) in [5, 5.41) is 6.93. The van der Waals surface area contributed by atoms with Gasteiger partial charge in [-0.25, -0.2) is 9.89 Å². The Morgan fingerprint density at radius 3 is 2.69 bits per heavy atom. The fraction of sp³-hybridized carbons (Fsp3) is 0.714. The van der Waals surface area contributed by atoms with Crippen LogP contribution in [0.25, 0.3) is 0 Å². The molecule has 0 fully saturated rings. The molecule has 0 unspecified atom stereocenters. The molecule has 1 aromatic rings. The molecule has 74 valence electrons. The fourth-order valence-electron chi connectivity index (χ4n) is 0.713. The molecule has 0 aliphatic heterocycles. The van der Waals surface area contributed by atoms with Crippen LogP contribution in [0.1, 0.15) is 13.8 Å². The van der Waals surface area contributed by atoms with Gasteiger partial charge in [0.2, 0.25) is 0 Å². The highest BCUT2D eigenvalue weighted by Crippen LogP contribution is 2.28. The number of aromatic nitrogens is 3. The van der Waals surface area contributed by atoms with Crippen LogP contribution >= 0.6 is 11.8 Å². The van der Waals surface area contributed by atoms with E-state index in [-0.39, 0.29) is 10.4 Å². The number of hydrogen-bond donors (Lipinski definition) is 2. The quantitative estimate of drug-likeness (QED) is 0.673. The topological polar surface area (TPSA) is 76.7 Å². The lowest BCUT2D eigenvalue weighted by Gasteiger charge is -2.19. The summed E-state index contributed by atoms with van der Waals surface area (Å²) >= 11 is 1.49. The monoisotopic (exact) mass is 202 g/mol. The molecule has 6 heteroatoms. The Morgan fingerprint density at radius 1 is 1.69 bits per heavy atom. The first kappa shape index (κ1) is 10.3. The molecule has 0 saturated heterocycles. The predicted octanol–water partition coefficient (Wildman–Crippen LogP) is -0.0622. The van der Waals surface area contributed by atoms with Crippen LogP contribution in [-0.4, -0.2) is 26.1 Å². The van der Waals surface area contributed by atoms with Crippen molar-refractivity contribution in [3.05, 3.63) is 10.5 Å². The van der Waals surface area contributed by atoms with E-state index < -0.39 is 0 Å². The van der Waals surface area contributed by atoms with E-state index in [1.165, 1.54) is 16.3 Å². The lowest BCUT2D eigenvalue weighted by molar-refractivity contribution is 0.701. The van der Waals surface area contributed by atoms with Crippen LogP contribution in [-0.2, 0) is 7.05 Å². The summed E-state index contributed by atoms with van der Waals surface area (Å²) in [6.45, 7) is 4.56. The molecule has 0 aliphatic carbocycles. The molecule has 3 N–H and O–H groups in total. The Labute approximate surface area is 80.7 Å². The Hall–Kier alpha value is -0.750. The summed E-state index contributed by atoms with van der Waals surface area (Å²) in [5.74, 6) is 0. The SMILES string of the molecule is Cn1c(SC(C)(C)CN)n[nH]c1=O. The summed E-state index contributed by atoms with van der Waals surface area (Å²) in [4.78, 5) is 11.0. The number of nitrogens with one attached hydrogen (secondary N) is 1. The maximum atomic E-state index is 11.0. The van der Waals surface area contributed by atoms with Crippen LogP contribution in [0.5, 0.6) is 0 Å². The molecular formula is C7H14N4OS. The van der Waals surface area contributed by atoms with Gasteiger partial charge in [-0.2, -0.15) is 0 Å². The third kappa shape index (κ3) is 2.35. The third-order valence-corrected chi connectivity index (χ3v) is 2.96. The van der Waals surface area contributed by atoms with Gasteiger partial charge in [0, 0.05) is 18.3 Å². The van der Waals surface area contributed by atoms with E-state index in [1.54, 1.807) is 7.05 Å². The van der Waals surface area contributed by atoms with Crippen molar-refractivity contribution in [1.29, 1.82) is 0 Å². The molecule has 0 aromatic carbocycles. The van der Waals surface area contributed by atoms with Crippen LogP contribution in [0.3, 0.4) is 0 Å². The van der Waals surface area contributed by atoms with Gasteiger partial charge >= 0.3 is 5.69 Å². The maximum Gasteiger partial charge on any atom is 0.343 e. The van der Waals surface area contributed by atoms with Crippen LogP contribution in [0.15, 0.2) is 9.95 Å². The zero-order chi connectivity index (χ0) is 10.1. The lowest BCUT2D eigenvalue weighted by atomic mass is 10.2. The second-order valence-corrected chi connectivity index (χ2v) is 5.11. The van der Waals surface area contributed by atoms with Crippen LogP contribution < -0.4 is 11.4 Å². The molecule has 5 nitrogen and oxygen atoms in total. The van der Waals surface area contributed by atoms with Crippen molar-refractivity contribution in [3.8, 4) is 0 Å². The Balaban J connectivity index is 2.86. The van der Waals surface area contributed by atoms with E-state index in [9.17, 15) is 4.79 Å². The van der Waals surface area contributed by atoms with E-state index >= 15 is 0 Å². The minimum Gasteiger partial charge on any atom is -0.329 e. The number of nitrogens with two attached hydrogens (primary N) is 1. The van der Waals surface area contributed by atoms with Crippen LogP contribution in [0, 0.1) is 0 Å². The molecule has 0 atom stereocenters. The molecule has 0 radical (unpaired) electrons. The molecule has 0 saturated carbocycles. The summed E-state index contributed by atoms with van der Waals surface area (Å²) in [5.41, 5.74) is 5.37. The van der Waals surface area contributed by atoms with E-state index in [2.05, 4.69) is 10.2 Å². The highest BCUT2D eigenvalue weighted by molar-refractivity contribution is 8.00. The lowest BCUT2D eigenvalue weighted by Crippen LogP contribution is -2.27. The minimum atomic E-state index is -0.199. The predicted molar refractivity (Wildman–Crippen MR) is 52.8 cm³/mol. The van der Waals surface area contributed by atoms with Gasteiger partial charge in [-0.1, -0.05) is 11.8 Å². The zero-order valence-corrected chi connectivity index (χ0v) is 8.81. The van der Waals surface area contributed by atoms with Gasteiger partial charge in [-0.15, -0.1) is 5.10 Å². The maximum absolute atomic E-state index is 11.0. The zero-order valence-electron chi connectivity index (χ0n) is 8.00. The summed E-state index contributed by atoms with van der Waals surface area (Å²) in [6.07, 6.45) is 0. The van der Waals surface area contributed by atoms with Gasteiger partial charge in [-0.3, -0.25) is 4.57 Å². The largest absolute Gasteiger partial charge is 0.343 e. The van der Waals surface area contributed by atoms with Crippen molar-refractivity contribution in [3.63, 3.8) is 0 Å². The standard InChI is InChI=1S/C7H14N4OS/c1-7(2,4-8)13-6-10-9-5(12)11(6)3/h4,8H2,1-3H3,(H,9,12). The summed E-state index contributed by atoms with van der Waals surface area (Å²) < 4.78 is 1.38. The van der Waals surface area contributed by atoms with Crippen LogP contribution in [0.4, 0.5) is 0 Å². The molecular weight excluding hydrogens is 188 g/mol. The molecule has 1 heterocycles. The number of H-pyrrole nitrogens is 1. The molecule has 13 heavy (non-hydrogen) atoms. The fourth-order valence-corrected chi connectivity index (χ4v) is 1.60. The van der Waals surface area contributed by atoms with Crippen molar-refractivity contribution in [1.82, 2.24) is 14.8 Å². The Morgan fingerprint density at radius 2 is 2.31 bits per heavy atom. The number of rotatable bonds is 3. The van der Waals surface area contributed by atoms with Crippen molar-refractivity contribution in [2.75, 3.05) is 6.54 Å². The van der Waals surface area contributed by atoms with E-state index in [0.29, 0.717) is 11.7 Å². The van der Waals surface area contributed by atoms with Crippen molar-refractivity contribution >= 4 is 11.8 Å². The van der Waals surface area contributed by atoms with Gasteiger partial charge in [0.15, 0.2) is 5.16 Å². The average molecular weight is 202 g/mol. The van der Waals surface area contributed by atoms with E-state index in [1.807, 2.05) is 13.8 Å². The first-order valence-electron chi connectivity index (χ1n) is 3.97. The van der Waals surface area contributed by atoms with E-state index in [0.717, 1.165) is 0 Å². The van der Waals surface area contributed by atoms with Crippen molar-refractivity contribution < 1.29 is 0 Å². The van der Waals surface area contributed by atoms with E-state index in [4.69, 9.17) is 5.73 Å². The van der Waals surface area contributed by atoms with Gasteiger partial charge < -0.3 is 5.73 Å².